The molecule has 6 nitrogen and oxygen atoms in total. The lowest BCUT2D eigenvalue weighted by Crippen LogP contribution is -3.00. The van der Waals surface area contributed by atoms with E-state index in [1.54, 1.807) is 0 Å². The van der Waals surface area contributed by atoms with Gasteiger partial charge < -0.3 is 42.7 Å². The number of hydrogen-bond donors (Lipinski definition) is 0. The second kappa shape index (κ2) is 28.1. The average molecular weight is 656 g/mol. The molecule has 0 bridgehead atoms. The quantitative estimate of drug-likeness (QED) is 0.0560. The molecule has 7 heteroatoms. The summed E-state index contributed by atoms with van der Waals surface area (Å²) in [6.45, 7) is 5.65. The first-order valence-corrected chi connectivity index (χ1v) is 15.5. The molecule has 0 spiro atoms. The van der Waals surface area contributed by atoms with Gasteiger partial charge in [-0.25, -0.2) is 0 Å². The Morgan fingerprint density at radius 2 is 1.13 bits per heavy atom. The molecule has 228 valence electrons. The standard InChI is InChI=1S/C31H62NO5.HI/c1-6-7-8-9-10-11-12-13-14-15-16-17-18-19-20-23-26-35-27-30(37-29(2)33)28-36-31(34)24-21-22-25-32(3,4)5;/h30H,6-28H2,1-5H3;1H/q+1;/p-1/t30-;/m0./s1. The van der Waals surface area contributed by atoms with Crippen LogP contribution in [0.3, 0.4) is 0 Å². The summed E-state index contributed by atoms with van der Waals surface area (Å²) in [5.74, 6) is -0.619. The summed E-state index contributed by atoms with van der Waals surface area (Å²) in [4.78, 5) is 23.4. The summed E-state index contributed by atoms with van der Waals surface area (Å²) in [5.41, 5.74) is 0. The van der Waals surface area contributed by atoms with Gasteiger partial charge in [-0.1, -0.05) is 103 Å². The predicted molar refractivity (Wildman–Crippen MR) is 154 cm³/mol. The maximum absolute atomic E-state index is 12.0. The monoisotopic (exact) mass is 655 g/mol. The molecule has 0 heterocycles. The molecule has 0 aromatic heterocycles. The third kappa shape index (κ3) is 31.8. The molecule has 0 amide bonds. The summed E-state index contributed by atoms with van der Waals surface area (Å²) in [5, 5.41) is 0. The van der Waals surface area contributed by atoms with Crippen molar-refractivity contribution in [2.75, 3.05) is 47.5 Å². The summed E-state index contributed by atoms with van der Waals surface area (Å²) in [6, 6.07) is 0. The maximum Gasteiger partial charge on any atom is 0.305 e. The summed E-state index contributed by atoms with van der Waals surface area (Å²) >= 11 is 0. The Morgan fingerprint density at radius 1 is 0.658 bits per heavy atom. The number of ether oxygens (including phenoxy) is 3. The molecular formula is C31H62INO5. The number of halogens is 1. The molecule has 38 heavy (non-hydrogen) atoms. The van der Waals surface area contributed by atoms with Gasteiger partial charge in [-0.05, 0) is 19.3 Å². The molecule has 0 radical (unpaired) electrons. The summed E-state index contributed by atoms with van der Waals surface area (Å²) in [6.07, 6.45) is 23.2. The number of quaternary nitrogens is 1. The molecule has 0 aliphatic carbocycles. The first kappa shape index (κ1) is 39.7. The fraction of sp³-hybridized carbons (Fsp3) is 0.935. The first-order chi connectivity index (χ1) is 17.7. The van der Waals surface area contributed by atoms with Crippen LogP contribution in [0.5, 0.6) is 0 Å². The maximum atomic E-state index is 12.0. The van der Waals surface area contributed by atoms with Crippen LogP contribution in [0, 0.1) is 0 Å². The zero-order chi connectivity index (χ0) is 27.6. The number of nitrogens with zero attached hydrogens (tertiary/aromatic N) is 1. The van der Waals surface area contributed by atoms with Crippen molar-refractivity contribution in [3.63, 3.8) is 0 Å². The Labute approximate surface area is 252 Å². The topological polar surface area (TPSA) is 61.8 Å². The van der Waals surface area contributed by atoms with Gasteiger partial charge in [0.05, 0.1) is 34.3 Å². The molecule has 0 unspecified atom stereocenters. The zero-order valence-corrected chi connectivity index (χ0v) is 27.9. The van der Waals surface area contributed by atoms with Crippen molar-refractivity contribution in [3.8, 4) is 0 Å². The van der Waals surface area contributed by atoms with Crippen LogP contribution in [0.15, 0.2) is 0 Å². The lowest BCUT2D eigenvalue weighted by Gasteiger charge is -2.23. The van der Waals surface area contributed by atoms with Crippen molar-refractivity contribution in [1.82, 2.24) is 0 Å². The molecule has 0 N–H and O–H groups in total. The molecule has 0 aromatic rings. The Kier molecular flexibility index (Phi) is 29.4. The van der Waals surface area contributed by atoms with E-state index >= 15 is 0 Å². The van der Waals surface area contributed by atoms with E-state index in [9.17, 15) is 9.59 Å². The van der Waals surface area contributed by atoms with Crippen LogP contribution >= 0.6 is 0 Å². The van der Waals surface area contributed by atoms with Crippen LogP contribution in [-0.4, -0.2) is 70.0 Å². The number of rotatable bonds is 27. The minimum absolute atomic E-state index is 0. The number of hydrogen-bond acceptors (Lipinski definition) is 5. The summed E-state index contributed by atoms with van der Waals surface area (Å²) in [7, 11) is 6.42. The fourth-order valence-corrected chi connectivity index (χ4v) is 4.43. The van der Waals surface area contributed by atoms with Crippen molar-refractivity contribution in [1.29, 1.82) is 0 Å². The van der Waals surface area contributed by atoms with Gasteiger partial charge in [-0.15, -0.1) is 0 Å². The van der Waals surface area contributed by atoms with Crippen molar-refractivity contribution in [2.45, 2.75) is 142 Å². The second-order valence-corrected chi connectivity index (χ2v) is 11.8. The van der Waals surface area contributed by atoms with Gasteiger partial charge in [0.1, 0.15) is 6.61 Å². The normalized spacial score (nSPS) is 12.1. The van der Waals surface area contributed by atoms with Crippen LogP contribution in [0.4, 0.5) is 0 Å². The average Bonchev–Trinajstić information content (AvgIpc) is 2.83. The lowest BCUT2D eigenvalue weighted by molar-refractivity contribution is -0.870. The first-order valence-electron chi connectivity index (χ1n) is 15.5. The largest absolute Gasteiger partial charge is 1.00 e. The smallest absolute Gasteiger partial charge is 0.305 e. The predicted octanol–water partition coefficient (Wildman–Crippen LogP) is 4.62. The van der Waals surface area contributed by atoms with Gasteiger partial charge in [0.2, 0.25) is 0 Å². The number of esters is 2. The van der Waals surface area contributed by atoms with Crippen LogP contribution < -0.4 is 24.0 Å². The molecular weight excluding hydrogens is 593 g/mol. The molecule has 0 saturated heterocycles. The van der Waals surface area contributed by atoms with Gasteiger partial charge in [0.25, 0.3) is 0 Å². The van der Waals surface area contributed by atoms with Crippen LogP contribution in [0.2, 0.25) is 0 Å². The van der Waals surface area contributed by atoms with E-state index in [-0.39, 0.29) is 49.1 Å². The number of unbranched alkanes of at least 4 members (excludes halogenated alkanes) is 16. The molecule has 0 aliphatic rings. The fourth-order valence-electron chi connectivity index (χ4n) is 4.43. The minimum atomic E-state index is -0.534. The lowest BCUT2D eigenvalue weighted by atomic mass is 10.0. The second-order valence-electron chi connectivity index (χ2n) is 11.8. The Bertz CT molecular complexity index is 539. The van der Waals surface area contributed by atoms with E-state index in [1.165, 1.54) is 103 Å². The Hall–Kier alpha value is -0.410. The molecule has 0 fully saturated rings. The van der Waals surface area contributed by atoms with Crippen molar-refractivity contribution >= 4 is 11.9 Å². The van der Waals surface area contributed by atoms with Crippen LogP contribution in [0.25, 0.3) is 0 Å². The van der Waals surface area contributed by atoms with Crippen molar-refractivity contribution in [2.24, 2.45) is 0 Å². The molecule has 0 aromatic carbocycles. The molecule has 0 rings (SSSR count). The van der Waals surface area contributed by atoms with Gasteiger partial charge in [0.15, 0.2) is 6.10 Å². The minimum Gasteiger partial charge on any atom is -1.00 e. The van der Waals surface area contributed by atoms with E-state index in [4.69, 9.17) is 14.2 Å². The van der Waals surface area contributed by atoms with Crippen LogP contribution in [0.1, 0.15) is 136 Å². The van der Waals surface area contributed by atoms with E-state index in [1.807, 2.05) is 0 Å². The van der Waals surface area contributed by atoms with Gasteiger partial charge in [-0.2, -0.15) is 0 Å². The van der Waals surface area contributed by atoms with Gasteiger partial charge in [-0.3, -0.25) is 9.59 Å². The van der Waals surface area contributed by atoms with E-state index < -0.39 is 6.10 Å². The number of carbonyl (C=O) groups is 2. The molecule has 1 atom stereocenters. The van der Waals surface area contributed by atoms with E-state index in [2.05, 4.69) is 28.1 Å². The Balaban J connectivity index is 0. The highest BCUT2D eigenvalue weighted by Crippen LogP contribution is 2.14. The van der Waals surface area contributed by atoms with Crippen LogP contribution in [-0.2, 0) is 23.8 Å². The van der Waals surface area contributed by atoms with Crippen molar-refractivity contribution < 1.29 is 52.3 Å². The third-order valence-corrected chi connectivity index (χ3v) is 6.67. The highest BCUT2D eigenvalue weighted by molar-refractivity contribution is 5.69. The zero-order valence-electron chi connectivity index (χ0n) is 25.7. The SMILES string of the molecule is CCCCCCCCCCCCCCCCCCOC[C@@H](COC(=O)CCCC[N+](C)(C)C)OC(C)=O.[I-]. The Morgan fingerprint density at radius 3 is 1.58 bits per heavy atom. The van der Waals surface area contributed by atoms with Gasteiger partial charge >= 0.3 is 11.9 Å². The van der Waals surface area contributed by atoms with Gasteiger partial charge in [0, 0.05) is 20.0 Å². The highest BCUT2D eigenvalue weighted by Gasteiger charge is 2.16. The summed E-state index contributed by atoms with van der Waals surface area (Å²) < 4.78 is 17.2. The molecule has 0 aliphatic heterocycles. The van der Waals surface area contributed by atoms with E-state index in [0.29, 0.717) is 13.0 Å². The van der Waals surface area contributed by atoms with E-state index in [0.717, 1.165) is 30.3 Å². The third-order valence-electron chi connectivity index (χ3n) is 6.67. The number of carbonyl (C=O) groups excluding carboxylic acids is 2. The highest BCUT2D eigenvalue weighted by atomic mass is 127. The van der Waals surface area contributed by atoms with Crippen molar-refractivity contribution in [3.05, 3.63) is 0 Å². The molecule has 0 saturated carbocycles.